The highest BCUT2D eigenvalue weighted by molar-refractivity contribution is 5.23. The van der Waals surface area contributed by atoms with Crippen molar-refractivity contribution in [2.45, 2.75) is 104 Å². The van der Waals surface area contributed by atoms with Gasteiger partial charge in [0.1, 0.15) is 0 Å². The Morgan fingerprint density at radius 1 is 0.741 bits per heavy atom. The van der Waals surface area contributed by atoms with E-state index in [-0.39, 0.29) is 0 Å². The van der Waals surface area contributed by atoms with Crippen molar-refractivity contribution in [1.82, 2.24) is 0 Å². The summed E-state index contributed by atoms with van der Waals surface area (Å²) in [6.07, 6.45) is 22.2. The van der Waals surface area contributed by atoms with Crippen LogP contribution in [0.25, 0.3) is 0 Å². The van der Waals surface area contributed by atoms with Crippen molar-refractivity contribution in [1.29, 1.82) is 0 Å². The van der Waals surface area contributed by atoms with Gasteiger partial charge < -0.3 is 0 Å². The molecule has 0 spiro atoms. The van der Waals surface area contributed by atoms with Gasteiger partial charge in [0.2, 0.25) is 0 Å². The molecule has 0 radical (unpaired) electrons. The normalized spacial score (nSPS) is 26.0. The second-order valence-corrected chi connectivity index (χ2v) is 9.39. The maximum atomic E-state index is 2.63. The third kappa shape index (κ3) is 6.51. The summed E-state index contributed by atoms with van der Waals surface area (Å²) < 4.78 is 0. The topological polar surface area (TPSA) is 0 Å². The predicted octanol–water partition coefficient (Wildman–Crippen LogP) is 8.29. The lowest BCUT2D eigenvalue weighted by Crippen LogP contribution is -2.23. The van der Waals surface area contributed by atoms with Crippen LogP contribution in [-0.2, 0) is 12.8 Å². The molecule has 0 heteroatoms. The number of unbranched alkanes of at least 4 members (excludes halogenated alkanes) is 1. The third-order valence-corrected chi connectivity index (χ3v) is 7.37. The molecule has 2 aliphatic rings. The summed E-state index contributed by atoms with van der Waals surface area (Å²) in [6, 6.07) is 9.38. The van der Waals surface area contributed by atoms with E-state index in [9.17, 15) is 0 Å². The fraction of sp³-hybridized carbons (Fsp3) is 0.704. The number of hydrogen-bond donors (Lipinski definition) is 0. The molecule has 0 bridgehead atoms. The first-order chi connectivity index (χ1) is 13.3. The van der Waals surface area contributed by atoms with Crippen molar-refractivity contribution in [2.75, 3.05) is 0 Å². The maximum Gasteiger partial charge on any atom is -0.0241 e. The Hall–Kier alpha value is -1.04. The third-order valence-electron chi connectivity index (χ3n) is 7.37. The summed E-state index contributed by atoms with van der Waals surface area (Å²) in [5.41, 5.74) is 4.74. The first kappa shape index (κ1) is 20.7. The minimum Gasteiger partial charge on any atom is -0.0850 e. The van der Waals surface area contributed by atoms with Crippen molar-refractivity contribution >= 4 is 0 Å². The lowest BCUT2D eigenvalue weighted by molar-refractivity contribution is 0.185. The SMILES string of the molecule is CCCC[C@H]1CC[C@H](C2CC=C(CCc3ccc(CCC)cc3)CC2)CC1. The van der Waals surface area contributed by atoms with Crippen molar-refractivity contribution in [2.24, 2.45) is 17.8 Å². The molecule has 27 heavy (non-hydrogen) atoms. The second-order valence-electron chi connectivity index (χ2n) is 9.39. The van der Waals surface area contributed by atoms with E-state index in [4.69, 9.17) is 0 Å². The lowest BCUT2D eigenvalue weighted by atomic mass is 9.70. The van der Waals surface area contributed by atoms with Gasteiger partial charge in [0.15, 0.2) is 0 Å². The molecule has 0 saturated heterocycles. The minimum atomic E-state index is 0.995. The van der Waals surface area contributed by atoms with E-state index in [2.05, 4.69) is 44.2 Å². The number of rotatable bonds is 9. The Bertz CT molecular complexity index is 556. The van der Waals surface area contributed by atoms with Gasteiger partial charge >= 0.3 is 0 Å². The summed E-state index contributed by atoms with van der Waals surface area (Å²) in [5.74, 6) is 3.08. The van der Waals surface area contributed by atoms with Gasteiger partial charge in [0.25, 0.3) is 0 Å². The zero-order valence-electron chi connectivity index (χ0n) is 18.0. The first-order valence-corrected chi connectivity index (χ1v) is 12.0. The van der Waals surface area contributed by atoms with Crippen LogP contribution < -0.4 is 0 Å². The smallest absolute Gasteiger partial charge is 0.0241 e. The average Bonchev–Trinajstić information content (AvgIpc) is 2.73. The average molecular weight is 367 g/mol. The van der Waals surface area contributed by atoms with Crippen molar-refractivity contribution in [3.05, 3.63) is 47.0 Å². The van der Waals surface area contributed by atoms with Gasteiger partial charge in [-0.05, 0) is 80.2 Å². The van der Waals surface area contributed by atoms with Gasteiger partial charge in [0.05, 0.1) is 0 Å². The van der Waals surface area contributed by atoms with Crippen LogP contribution in [0.5, 0.6) is 0 Å². The number of hydrogen-bond acceptors (Lipinski definition) is 0. The summed E-state index contributed by atoms with van der Waals surface area (Å²) in [5, 5.41) is 0. The van der Waals surface area contributed by atoms with Crippen molar-refractivity contribution < 1.29 is 0 Å². The van der Waals surface area contributed by atoms with E-state index >= 15 is 0 Å². The molecule has 0 heterocycles. The highest BCUT2D eigenvalue weighted by Crippen LogP contribution is 2.41. The van der Waals surface area contributed by atoms with E-state index in [0.29, 0.717) is 0 Å². The monoisotopic (exact) mass is 366 g/mol. The predicted molar refractivity (Wildman–Crippen MR) is 119 cm³/mol. The van der Waals surface area contributed by atoms with Gasteiger partial charge in [-0.2, -0.15) is 0 Å². The molecule has 0 nitrogen and oxygen atoms in total. The molecule has 1 aromatic rings. The van der Waals surface area contributed by atoms with Crippen LogP contribution in [-0.4, -0.2) is 0 Å². The molecular formula is C27H42. The zero-order valence-corrected chi connectivity index (χ0v) is 18.0. The summed E-state index contributed by atoms with van der Waals surface area (Å²) >= 11 is 0. The van der Waals surface area contributed by atoms with Gasteiger partial charge in [-0.25, -0.2) is 0 Å². The lowest BCUT2D eigenvalue weighted by Gasteiger charge is -2.35. The Kier molecular flexibility index (Phi) is 8.49. The van der Waals surface area contributed by atoms with E-state index in [0.717, 1.165) is 17.8 Å². The van der Waals surface area contributed by atoms with Gasteiger partial charge in [-0.15, -0.1) is 0 Å². The number of allylic oxidation sites excluding steroid dienone is 2. The fourth-order valence-electron chi connectivity index (χ4n) is 5.47. The van der Waals surface area contributed by atoms with Crippen LogP contribution in [0.15, 0.2) is 35.9 Å². The van der Waals surface area contributed by atoms with E-state index in [1.807, 2.05) is 0 Å². The molecule has 0 amide bonds. The largest absolute Gasteiger partial charge is 0.0850 e. The summed E-state index contributed by atoms with van der Waals surface area (Å²) in [4.78, 5) is 0. The molecule has 1 aromatic carbocycles. The Morgan fingerprint density at radius 2 is 1.44 bits per heavy atom. The van der Waals surface area contributed by atoms with Gasteiger partial charge in [0, 0.05) is 0 Å². The zero-order chi connectivity index (χ0) is 18.9. The molecule has 1 saturated carbocycles. The highest BCUT2D eigenvalue weighted by atomic mass is 14.3. The van der Waals surface area contributed by atoms with Gasteiger partial charge in [-0.3, -0.25) is 0 Å². The molecule has 1 fully saturated rings. The quantitative estimate of drug-likeness (QED) is 0.385. The summed E-state index contributed by atoms with van der Waals surface area (Å²) in [7, 11) is 0. The minimum absolute atomic E-state index is 0.995. The molecule has 1 atom stereocenters. The van der Waals surface area contributed by atoms with Crippen LogP contribution in [0, 0.1) is 17.8 Å². The van der Waals surface area contributed by atoms with Crippen molar-refractivity contribution in [3.63, 3.8) is 0 Å². The fourth-order valence-corrected chi connectivity index (χ4v) is 5.47. The molecule has 0 aliphatic heterocycles. The van der Waals surface area contributed by atoms with E-state index < -0.39 is 0 Å². The molecule has 0 N–H and O–H groups in total. The Labute approximate surface area is 168 Å². The first-order valence-electron chi connectivity index (χ1n) is 12.0. The van der Waals surface area contributed by atoms with Crippen LogP contribution in [0.1, 0.15) is 102 Å². The van der Waals surface area contributed by atoms with Crippen LogP contribution >= 0.6 is 0 Å². The van der Waals surface area contributed by atoms with Crippen LogP contribution in [0.2, 0.25) is 0 Å². The molecule has 1 unspecified atom stereocenters. The summed E-state index contributed by atoms with van der Waals surface area (Å²) in [6.45, 7) is 4.59. The number of benzene rings is 1. The second kappa shape index (κ2) is 11.1. The van der Waals surface area contributed by atoms with Crippen LogP contribution in [0.3, 0.4) is 0 Å². The molecule has 150 valence electrons. The van der Waals surface area contributed by atoms with E-state index in [1.54, 1.807) is 5.57 Å². The maximum absolute atomic E-state index is 2.63. The molecular weight excluding hydrogens is 324 g/mol. The Balaban J connectivity index is 1.38. The molecule has 0 aromatic heterocycles. The molecule has 3 rings (SSSR count). The highest BCUT2D eigenvalue weighted by Gasteiger charge is 2.28. The van der Waals surface area contributed by atoms with Crippen molar-refractivity contribution in [3.8, 4) is 0 Å². The van der Waals surface area contributed by atoms with Crippen LogP contribution in [0.4, 0.5) is 0 Å². The Morgan fingerprint density at radius 3 is 2.04 bits per heavy atom. The van der Waals surface area contributed by atoms with E-state index in [1.165, 1.54) is 101 Å². The van der Waals surface area contributed by atoms with Gasteiger partial charge in [-0.1, -0.05) is 88.3 Å². The molecule has 2 aliphatic carbocycles. The number of aryl methyl sites for hydroxylation is 2. The standard InChI is InChI=1S/C27H42/c1-3-5-7-23-14-18-26(19-15-23)27-20-16-25(17-21-27)13-12-24-10-8-22(6-4-2)9-11-24/h8-11,16,23,26-27H,3-7,12-15,17-21H2,1-2H3/t23-,26-,27?.